The molecule has 3 aliphatic rings. The van der Waals surface area contributed by atoms with Crippen molar-refractivity contribution >= 4 is 24.0 Å². The van der Waals surface area contributed by atoms with Gasteiger partial charge in [0.2, 0.25) is 11.6 Å². The molecule has 16 heteroatoms. The Morgan fingerprint density at radius 2 is 0.812 bits per heavy atom. The first kappa shape index (κ1) is 38.0. The summed E-state index contributed by atoms with van der Waals surface area (Å²) in [5, 5.41) is 6.37. The largest absolute Gasteiger partial charge is 0.444 e. The van der Waals surface area contributed by atoms with Gasteiger partial charge in [-0.3, -0.25) is 9.59 Å². The number of rotatable bonds is 2. The van der Waals surface area contributed by atoms with E-state index >= 15 is 0 Å². The molecule has 3 fully saturated rings. The molecule has 5 heterocycles. The van der Waals surface area contributed by atoms with Crippen molar-refractivity contribution in [2.24, 2.45) is 0 Å². The second kappa shape index (κ2) is 18.2. The lowest BCUT2D eigenvalue weighted by Crippen LogP contribution is -2.51. The molecule has 264 valence electrons. The van der Waals surface area contributed by atoms with Gasteiger partial charge in [0.15, 0.2) is 0 Å². The van der Waals surface area contributed by atoms with E-state index in [1.54, 1.807) is 44.1 Å². The normalized spacial score (nSPS) is 16.8. The Kier molecular flexibility index (Phi) is 14.4. The van der Waals surface area contributed by atoms with Crippen molar-refractivity contribution in [2.45, 2.75) is 52.7 Å². The average molecular weight is 671 g/mol. The zero-order valence-corrected chi connectivity index (χ0v) is 29.0. The van der Waals surface area contributed by atoms with Crippen LogP contribution in [-0.2, 0) is 9.47 Å². The van der Waals surface area contributed by atoms with Gasteiger partial charge in [0.05, 0.1) is 0 Å². The topological polar surface area (TPSA) is 175 Å². The van der Waals surface area contributed by atoms with Gasteiger partial charge >= 0.3 is 12.2 Å². The number of hydrogen-bond acceptors (Lipinski definition) is 12. The molecule has 0 saturated carbocycles. The Balaban J connectivity index is 0.000000203. The number of nitrogens with zero attached hydrogens (tertiary/aromatic N) is 8. The number of amides is 4. The summed E-state index contributed by atoms with van der Waals surface area (Å²) >= 11 is 0. The lowest BCUT2D eigenvalue weighted by atomic mass is 10.2. The minimum Gasteiger partial charge on any atom is -0.444 e. The summed E-state index contributed by atoms with van der Waals surface area (Å²) in [5.41, 5.74) is -0.899. The number of ether oxygens (including phenoxy) is 2. The van der Waals surface area contributed by atoms with Crippen LogP contribution in [0.3, 0.4) is 0 Å². The first-order valence-corrected chi connectivity index (χ1v) is 16.2. The number of hydrogen-bond donors (Lipinski definition) is 2. The van der Waals surface area contributed by atoms with E-state index in [4.69, 9.17) is 9.47 Å². The third-order valence-electron chi connectivity index (χ3n) is 6.91. The van der Waals surface area contributed by atoms with E-state index in [-0.39, 0.29) is 41.3 Å². The number of aromatic nitrogens is 4. The number of nitrogens with one attached hydrogen (secondary N) is 2. The second-order valence-electron chi connectivity index (χ2n) is 13.2. The molecule has 2 aromatic heterocycles. The third kappa shape index (κ3) is 13.4. The molecule has 0 atom stereocenters. The molecule has 2 N–H and O–H groups in total. The van der Waals surface area contributed by atoms with E-state index in [1.165, 1.54) is 12.4 Å². The van der Waals surface area contributed by atoms with Crippen LogP contribution in [0, 0.1) is 0 Å². The van der Waals surface area contributed by atoms with Crippen molar-refractivity contribution in [3.05, 3.63) is 48.6 Å². The fourth-order valence-electron chi connectivity index (χ4n) is 4.56. The van der Waals surface area contributed by atoms with E-state index in [0.29, 0.717) is 26.2 Å². The maximum atomic E-state index is 12.2. The summed E-state index contributed by atoms with van der Waals surface area (Å²) in [6.45, 7) is 19.3. The fraction of sp³-hybridized carbons (Fsp3) is 0.625. The van der Waals surface area contributed by atoms with Gasteiger partial charge in [0.1, 0.15) is 11.2 Å². The zero-order valence-electron chi connectivity index (χ0n) is 29.0. The van der Waals surface area contributed by atoms with Gasteiger partial charge in [-0.15, -0.1) is 0 Å². The van der Waals surface area contributed by atoms with Crippen LogP contribution in [0.15, 0.2) is 36.9 Å². The molecule has 0 unspecified atom stereocenters. The molecule has 2 aromatic rings. The quantitative estimate of drug-likeness (QED) is 0.472. The smallest absolute Gasteiger partial charge is 0.410 e. The SMILES string of the molecule is CC(C)(C)OC(=O)N1CCN(C(=O)c2ncccn2)CC1.CC(C)(C)OC(=O)N1CCNCC1.O=C(c1ncccn1)N1CCNCC1. The van der Waals surface area contributed by atoms with Gasteiger partial charge in [0.25, 0.3) is 11.8 Å². The minimum atomic E-state index is -0.512. The maximum Gasteiger partial charge on any atom is 0.410 e. The van der Waals surface area contributed by atoms with Crippen LogP contribution in [0.2, 0.25) is 0 Å². The summed E-state index contributed by atoms with van der Waals surface area (Å²) in [6.07, 6.45) is 5.71. The highest BCUT2D eigenvalue weighted by Gasteiger charge is 2.29. The average Bonchev–Trinajstić information content (AvgIpc) is 3.08. The molecule has 0 aromatic carbocycles. The molecule has 3 saturated heterocycles. The lowest BCUT2D eigenvalue weighted by molar-refractivity contribution is 0.0139. The van der Waals surface area contributed by atoms with Gasteiger partial charge in [0, 0.05) is 103 Å². The monoisotopic (exact) mass is 670 g/mol. The summed E-state index contributed by atoms with van der Waals surface area (Å²) in [7, 11) is 0. The van der Waals surface area contributed by atoms with Gasteiger partial charge in [-0.1, -0.05) is 0 Å². The summed E-state index contributed by atoms with van der Waals surface area (Å²) in [4.78, 5) is 69.9. The Labute approximate surface area is 282 Å². The molecule has 0 aliphatic carbocycles. The van der Waals surface area contributed by atoms with Crippen LogP contribution in [0.25, 0.3) is 0 Å². The first-order valence-electron chi connectivity index (χ1n) is 16.2. The Hall–Kier alpha value is -4.44. The van der Waals surface area contributed by atoms with E-state index in [2.05, 4.69) is 30.6 Å². The zero-order chi connectivity index (χ0) is 35.2. The van der Waals surface area contributed by atoms with Gasteiger partial charge in [-0.05, 0) is 53.7 Å². The number of carbonyl (C=O) groups is 4. The second-order valence-corrected chi connectivity index (χ2v) is 13.2. The van der Waals surface area contributed by atoms with E-state index < -0.39 is 5.60 Å². The predicted molar refractivity (Wildman–Crippen MR) is 177 cm³/mol. The van der Waals surface area contributed by atoms with Gasteiger partial charge in [-0.25, -0.2) is 29.5 Å². The molecule has 48 heavy (non-hydrogen) atoms. The molecular weight excluding hydrogens is 620 g/mol. The molecular formula is C32H50N10O6. The van der Waals surface area contributed by atoms with Crippen LogP contribution in [0.5, 0.6) is 0 Å². The maximum absolute atomic E-state index is 12.2. The van der Waals surface area contributed by atoms with Crippen LogP contribution >= 0.6 is 0 Å². The molecule has 5 rings (SSSR count). The highest BCUT2D eigenvalue weighted by Crippen LogP contribution is 2.13. The summed E-state index contributed by atoms with van der Waals surface area (Å²) < 4.78 is 10.6. The fourth-order valence-corrected chi connectivity index (χ4v) is 4.56. The number of carbonyl (C=O) groups excluding carboxylic acids is 4. The van der Waals surface area contributed by atoms with Crippen molar-refractivity contribution in [2.75, 3.05) is 78.5 Å². The van der Waals surface area contributed by atoms with Crippen molar-refractivity contribution in [1.82, 2.24) is 50.2 Å². The molecule has 0 spiro atoms. The predicted octanol–water partition coefficient (Wildman–Crippen LogP) is 1.52. The van der Waals surface area contributed by atoms with E-state index in [1.807, 2.05) is 41.5 Å². The van der Waals surface area contributed by atoms with E-state index in [9.17, 15) is 19.2 Å². The molecule has 4 amide bonds. The third-order valence-corrected chi connectivity index (χ3v) is 6.91. The molecule has 0 bridgehead atoms. The number of piperazine rings is 3. The van der Waals surface area contributed by atoms with Gasteiger partial charge < -0.3 is 39.7 Å². The highest BCUT2D eigenvalue weighted by atomic mass is 16.6. The summed E-state index contributed by atoms with van der Waals surface area (Å²) in [6, 6.07) is 3.37. The standard InChI is InChI=1S/C14H20N4O3.C9H12N4O.C9H18N2O2/c1-14(2,3)21-13(20)18-9-7-17(8-10-18)12(19)11-15-5-4-6-16-11;14-9(8-11-2-1-3-12-8)13-6-4-10-5-7-13;1-9(2,3)13-8(12)11-6-4-10-5-7-11/h4-6H,7-10H2,1-3H3;1-3,10H,4-7H2;10H,4-7H2,1-3H3. The van der Waals surface area contributed by atoms with Crippen molar-refractivity contribution < 1.29 is 28.7 Å². The molecule has 3 aliphatic heterocycles. The van der Waals surface area contributed by atoms with Crippen molar-refractivity contribution in [1.29, 1.82) is 0 Å². The van der Waals surface area contributed by atoms with Gasteiger partial charge in [-0.2, -0.15) is 0 Å². The Morgan fingerprint density at radius 1 is 0.521 bits per heavy atom. The minimum absolute atomic E-state index is 0.0768. The van der Waals surface area contributed by atoms with Crippen LogP contribution < -0.4 is 10.6 Å². The van der Waals surface area contributed by atoms with Crippen LogP contribution in [0.1, 0.15) is 62.8 Å². The summed E-state index contributed by atoms with van der Waals surface area (Å²) in [5.74, 6) is 0.184. The van der Waals surface area contributed by atoms with Crippen molar-refractivity contribution in [3.8, 4) is 0 Å². The van der Waals surface area contributed by atoms with Crippen LogP contribution in [0.4, 0.5) is 9.59 Å². The molecule has 16 nitrogen and oxygen atoms in total. The molecule has 0 radical (unpaired) electrons. The Bertz CT molecular complexity index is 1300. The van der Waals surface area contributed by atoms with Crippen molar-refractivity contribution in [3.63, 3.8) is 0 Å². The van der Waals surface area contributed by atoms with Crippen LogP contribution in [-0.4, -0.2) is 153 Å². The first-order chi connectivity index (χ1) is 22.7. The van der Waals surface area contributed by atoms with E-state index in [0.717, 1.165) is 52.4 Å². The lowest BCUT2D eigenvalue weighted by Gasteiger charge is -2.35. The Morgan fingerprint density at radius 3 is 1.17 bits per heavy atom. The highest BCUT2D eigenvalue weighted by molar-refractivity contribution is 5.91.